The Labute approximate surface area is 137 Å². The van der Waals surface area contributed by atoms with E-state index in [9.17, 15) is 4.79 Å². The molecule has 0 aromatic heterocycles. The van der Waals surface area contributed by atoms with Crippen molar-refractivity contribution in [3.05, 3.63) is 41.5 Å². The van der Waals surface area contributed by atoms with Gasteiger partial charge in [-0.1, -0.05) is 30.3 Å². The van der Waals surface area contributed by atoms with Crippen LogP contribution in [0.5, 0.6) is 0 Å². The van der Waals surface area contributed by atoms with E-state index in [0.717, 1.165) is 58.6 Å². The summed E-state index contributed by atoms with van der Waals surface area (Å²) in [6.07, 6.45) is 3.47. The van der Waals surface area contributed by atoms with Crippen molar-refractivity contribution in [2.45, 2.75) is 19.1 Å². The van der Waals surface area contributed by atoms with Gasteiger partial charge in [-0.05, 0) is 23.1 Å². The number of rotatable bonds is 5. The number of carbonyl (C=O) groups is 1. The molecule has 0 bridgehead atoms. The zero-order chi connectivity index (χ0) is 16.1. The molecule has 1 unspecified atom stereocenters. The van der Waals surface area contributed by atoms with Crippen molar-refractivity contribution in [2.75, 3.05) is 39.4 Å². The predicted octanol–water partition coefficient (Wildman–Crippen LogP) is 1.09. The number of hydrogen-bond acceptors (Lipinski definition) is 5. The summed E-state index contributed by atoms with van der Waals surface area (Å²) in [4.78, 5) is 15.3. The lowest BCUT2D eigenvalue weighted by Gasteiger charge is -2.30. The number of morpholine rings is 1. The van der Waals surface area contributed by atoms with Gasteiger partial charge in [-0.15, -0.1) is 0 Å². The van der Waals surface area contributed by atoms with Crippen molar-refractivity contribution in [1.29, 1.82) is 0 Å². The lowest BCUT2D eigenvalue weighted by molar-refractivity contribution is -0.112. The van der Waals surface area contributed by atoms with Crippen LogP contribution in [0.2, 0.25) is 0 Å². The van der Waals surface area contributed by atoms with E-state index >= 15 is 0 Å². The third-order valence-electron chi connectivity index (χ3n) is 4.66. The lowest BCUT2D eigenvalue weighted by atomic mass is 9.94. The van der Waals surface area contributed by atoms with Gasteiger partial charge in [0.25, 0.3) is 0 Å². The van der Waals surface area contributed by atoms with E-state index in [2.05, 4.69) is 35.2 Å². The number of aldehydes is 1. The van der Waals surface area contributed by atoms with Crippen molar-refractivity contribution in [2.24, 2.45) is 5.73 Å². The molecule has 0 saturated carbocycles. The summed E-state index contributed by atoms with van der Waals surface area (Å²) >= 11 is 0. The molecule has 1 aromatic carbocycles. The second-order valence-electron chi connectivity index (χ2n) is 6.15. The molecule has 1 aromatic rings. The van der Waals surface area contributed by atoms with Crippen molar-refractivity contribution >= 4 is 11.9 Å². The van der Waals surface area contributed by atoms with Crippen LogP contribution >= 0.6 is 0 Å². The second kappa shape index (κ2) is 7.84. The number of hydrogen-bond donors (Lipinski definition) is 1. The van der Waals surface area contributed by atoms with Crippen LogP contribution in [0.4, 0.5) is 0 Å². The summed E-state index contributed by atoms with van der Waals surface area (Å²) in [5.41, 5.74) is 9.86. The molecule has 0 radical (unpaired) electrons. The van der Waals surface area contributed by atoms with Gasteiger partial charge in [0.15, 0.2) is 6.29 Å². The standard InChI is InChI=1S/C18H25N3O2/c19-18(14-22)21-7-5-15(6-8-21)17-4-2-1-3-16(17)13-20-9-11-23-12-10-20/h1-5,14,18H,6-13,19H2. The topological polar surface area (TPSA) is 58.8 Å². The van der Waals surface area contributed by atoms with E-state index in [1.54, 1.807) is 0 Å². The minimum absolute atomic E-state index is 0.489. The third kappa shape index (κ3) is 4.06. The van der Waals surface area contributed by atoms with Gasteiger partial charge in [-0.3, -0.25) is 9.80 Å². The number of nitrogens with two attached hydrogens (primary N) is 1. The zero-order valence-electron chi connectivity index (χ0n) is 13.5. The first-order valence-electron chi connectivity index (χ1n) is 8.30. The van der Waals surface area contributed by atoms with E-state index < -0.39 is 6.17 Å². The van der Waals surface area contributed by atoms with Gasteiger partial charge in [-0.2, -0.15) is 0 Å². The SMILES string of the molecule is NC(C=O)N1CC=C(c2ccccc2CN2CCOCC2)CC1. The highest BCUT2D eigenvalue weighted by molar-refractivity contribution is 5.69. The molecule has 5 nitrogen and oxygen atoms in total. The number of benzene rings is 1. The minimum atomic E-state index is -0.489. The average molecular weight is 315 g/mol. The fraction of sp³-hybridized carbons (Fsp3) is 0.500. The molecule has 2 heterocycles. The number of nitrogens with zero attached hydrogens (tertiary/aromatic N) is 2. The van der Waals surface area contributed by atoms with E-state index in [4.69, 9.17) is 10.5 Å². The van der Waals surface area contributed by atoms with Gasteiger partial charge < -0.3 is 15.3 Å². The van der Waals surface area contributed by atoms with Crippen LogP contribution < -0.4 is 5.73 Å². The quantitative estimate of drug-likeness (QED) is 0.824. The Morgan fingerprint density at radius 1 is 1.22 bits per heavy atom. The van der Waals surface area contributed by atoms with Crippen LogP contribution in [0, 0.1) is 0 Å². The van der Waals surface area contributed by atoms with E-state index in [0.29, 0.717) is 0 Å². The molecule has 1 fully saturated rings. The molecule has 1 atom stereocenters. The molecule has 2 N–H and O–H groups in total. The van der Waals surface area contributed by atoms with E-state index in [1.807, 2.05) is 4.90 Å². The molecule has 5 heteroatoms. The van der Waals surface area contributed by atoms with Crippen molar-refractivity contribution < 1.29 is 9.53 Å². The summed E-state index contributed by atoms with van der Waals surface area (Å²) < 4.78 is 5.43. The summed E-state index contributed by atoms with van der Waals surface area (Å²) in [6.45, 7) is 6.17. The van der Waals surface area contributed by atoms with Gasteiger partial charge in [0, 0.05) is 32.7 Å². The van der Waals surface area contributed by atoms with Crippen LogP contribution in [-0.2, 0) is 16.1 Å². The molecule has 2 aliphatic heterocycles. The fourth-order valence-electron chi connectivity index (χ4n) is 3.26. The maximum atomic E-state index is 10.8. The zero-order valence-corrected chi connectivity index (χ0v) is 13.5. The fourth-order valence-corrected chi connectivity index (χ4v) is 3.26. The predicted molar refractivity (Wildman–Crippen MR) is 90.7 cm³/mol. The second-order valence-corrected chi connectivity index (χ2v) is 6.15. The Balaban J connectivity index is 1.72. The molecular weight excluding hydrogens is 290 g/mol. The number of carbonyl (C=O) groups excluding carboxylic acids is 1. The van der Waals surface area contributed by atoms with Gasteiger partial charge in [-0.25, -0.2) is 0 Å². The average Bonchev–Trinajstić information content (AvgIpc) is 2.62. The molecule has 23 heavy (non-hydrogen) atoms. The van der Waals surface area contributed by atoms with Crippen LogP contribution in [-0.4, -0.2) is 61.6 Å². The highest BCUT2D eigenvalue weighted by Crippen LogP contribution is 2.26. The Bertz CT molecular complexity index is 567. The molecular formula is C18H25N3O2. The third-order valence-corrected chi connectivity index (χ3v) is 4.66. The van der Waals surface area contributed by atoms with Crippen LogP contribution in [0.25, 0.3) is 5.57 Å². The smallest absolute Gasteiger partial charge is 0.151 e. The van der Waals surface area contributed by atoms with Gasteiger partial charge in [0.05, 0.1) is 13.2 Å². The largest absolute Gasteiger partial charge is 0.379 e. The highest BCUT2D eigenvalue weighted by atomic mass is 16.5. The first-order valence-corrected chi connectivity index (χ1v) is 8.30. The summed E-state index contributed by atoms with van der Waals surface area (Å²) in [5.74, 6) is 0. The Morgan fingerprint density at radius 2 is 2.00 bits per heavy atom. The monoisotopic (exact) mass is 315 g/mol. The highest BCUT2D eigenvalue weighted by Gasteiger charge is 2.20. The van der Waals surface area contributed by atoms with Crippen LogP contribution in [0.1, 0.15) is 17.5 Å². The van der Waals surface area contributed by atoms with E-state index in [-0.39, 0.29) is 0 Å². The van der Waals surface area contributed by atoms with E-state index in [1.165, 1.54) is 16.7 Å². The number of ether oxygens (including phenoxy) is 1. The van der Waals surface area contributed by atoms with Crippen LogP contribution in [0.15, 0.2) is 30.3 Å². The minimum Gasteiger partial charge on any atom is -0.379 e. The molecule has 3 rings (SSSR count). The first-order chi connectivity index (χ1) is 11.3. The summed E-state index contributed by atoms with van der Waals surface area (Å²) in [7, 11) is 0. The molecule has 0 aliphatic carbocycles. The maximum Gasteiger partial charge on any atom is 0.151 e. The molecule has 2 aliphatic rings. The first kappa shape index (κ1) is 16.3. The molecule has 124 valence electrons. The summed E-state index contributed by atoms with van der Waals surface area (Å²) in [5, 5.41) is 0. The maximum absolute atomic E-state index is 10.8. The van der Waals surface area contributed by atoms with Gasteiger partial charge >= 0.3 is 0 Å². The molecule has 0 spiro atoms. The van der Waals surface area contributed by atoms with Crippen molar-refractivity contribution in [3.8, 4) is 0 Å². The van der Waals surface area contributed by atoms with Gasteiger partial charge in [0.2, 0.25) is 0 Å². The summed E-state index contributed by atoms with van der Waals surface area (Å²) in [6, 6.07) is 8.63. The molecule has 0 amide bonds. The normalized spacial score (nSPS) is 21.7. The van der Waals surface area contributed by atoms with Gasteiger partial charge in [0.1, 0.15) is 6.17 Å². The van der Waals surface area contributed by atoms with Crippen molar-refractivity contribution in [3.63, 3.8) is 0 Å². The Hall–Kier alpha value is -1.53. The Kier molecular flexibility index (Phi) is 5.56. The van der Waals surface area contributed by atoms with Crippen molar-refractivity contribution in [1.82, 2.24) is 9.80 Å². The lowest BCUT2D eigenvalue weighted by Crippen LogP contribution is -2.45. The molecule has 1 saturated heterocycles. The Morgan fingerprint density at radius 3 is 2.70 bits per heavy atom. The van der Waals surface area contributed by atoms with Crippen LogP contribution in [0.3, 0.4) is 0 Å².